The molecule has 2 aliphatic heterocycles. The van der Waals surface area contributed by atoms with E-state index in [2.05, 4.69) is 5.32 Å². The van der Waals surface area contributed by atoms with E-state index in [0.717, 1.165) is 16.8 Å². The molecule has 1 amide bonds. The average Bonchev–Trinajstić information content (AvgIpc) is 2.96. The minimum absolute atomic E-state index is 0.101. The van der Waals surface area contributed by atoms with Crippen LogP contribution < -0.4 is 11.1 Å². The zero-order chi connectivity index (χ0) is 14.7. The lowest BCUT2D eigenvalue weighted by Crippen LogP contribution is -2.46. The van der Waals surface area contributed by atoms with E-state index < -0.39 is 0 Å². The molecule has 0 saturated heterocycles. The summed E-state index contributed by atoms with van der Waals surface area (Å²) in [7, 11) is 1.79. The third kappa shape index (κ3) is 2.41. The SMILES string of the molecule is CC.CN1C=C(c2ccc(N)cc2)C2C=CNC2C1=O. The Hall–Kier alpha value is -2.23. The fourth-order valence-corrected chi connectivity index (χ4v) is 2.51. The first-order valence-electron chi connectivity index (χ1n) is 6.94. The summed E-state index contributed by atoms with van der Waals surface area (Å²) in [5, 5.41) is 3.11. The monoisotopic (exact) mass is 271 g/mol. The standard InChI is InChI=1S/C14H15N3O.C2H6/c1-17-8-12(9-2-4-10(15)5-3-9)11-6-7-16-13(11)14(17)18;1-2/h2-8,11,13,16H,15H2,1H3;1-2H3. The van der Waals surface area contributed by atoms with Crippen molar-refractivity contribution in [3.63, 3.8) is 0 Å². The van der Waals surface area contributed by atoms with Crippen molar-refractivity contribution < 1.29 is 4.79 Å². The molecule has 2 heterocycles. The summed E-state index contributed by atoms with van der Waals surface area (Å²) in [5.41, 5.74) is 8.69. The van der Waals surface area contributed by atoms with Crippen LogP contribution >= 0.6 is 0 Å². The van der Waals surface area contributed by atoms with Crippen molar-refractivity contribution >= 4 is 17.2 Å². The number of rotatable bonds is 1. The predicted octanol–water partition coefficient (Wildman–Crippen LogP) is 2.21. The van der Waals surface area contributed by atoms with Crippen molar-refractivity contribution in [1.29, 1.82) is 0 Å². The predicted molar refractivity (Wildman–Crippen MR) is 82.5 cm³/mol. The van der Waals surface area contributed by atoms with E-state index in [1.54, 1.807) is 11.9 Å². The molecule has 2 atom stereocenters. The third-order valence-electron chi connectivity index (χ3n) is 3.49. The fourth-order valence-electron chi connectivity index (χ4n) is 2.51. The Morgan fingerprint density at radius 2 is 1.85 bits per heavy atom. The van der Waals surface area contributed by atoms with Crippen LogP contribution in [-0.2, 0) is 4.79 Å². The van der Waals surface area contributed by atoms with E-state index in [1.807, 2.05) is 56.6 Å². The Bertz CT molecular complexity index is 545. The minimum atomic E-state index is -0.174. The summed E-state index contributed by atoms with van der Waals surface area (Å²) in [4.78, 5) is 13.6. The fraction of sp³-hybridized carbons (Fsp3) is 0.312. The number of benzene rings is 1. The van der Waals surface area contributed by atoms with E-state index in [9.17, 15) is 4.79 Å². The highest BCUT2D eigenvalue weighted by molar-refractivity contribution is 5.92. The molecule has 2 unspecified atom stereocenters. The number of hydrogen-bond acceptors (Lipinski definition) is 3. The molecule has 1 aromatic carbocycles. The first-order chi connectivity index (χ1) is 9.66. The maximum absolute atomic E-state index is 12.0. The number of amides is 1. The van der Waals surface area contributed by atoms with Gasteiger partial charge in [-0.1, -0.05) is 32.1 Å². The van der Waals surface area contributed by atoms with Crippen molar-refractivity contribution in [2.75, 3.05) is 12.8 Å². The molecule has 0 radical (unpaired) electrons. The molecule has 106 valence electrons. The Morgan fingerprint density at radius 1 is 1.20 bits per heavy atom. The van der Waals surface area contributed by atoms with Crippen LogP contribution in [0.3, 0.4) is 0 Å². The van der Waals surface area contributed by atoms with Crippen LogP contribution in [-0.4, -0.2) is 23.9 Å². The van der Waals surface area contributed by atoms with Gasteiger partial charge >= 0.3 is 0 Å². The zero-order valence-electron chi connectivity index (χ0n) is 12.1. The van der Waals surface area contributed by atoms with Gasteiger partial charge < -0.3 is 16.0 Å². The second-order valence-electron chi connectivity index (χ2n) is 4.68. The smallest absolute Gasteiger partial charge is 0.249 e. The second-order valence-corrected chi connectivity index (χ2v) is 4.68. The summed E-state index contributed by atoms with van der Waals surface area (Å²) < 4.78 is 0. The number of nitrogen functional groups attached to an aromatic ring is 1. The van der Waals surface area contributed by atoms with Gasteiger partial charge in [-0.2, -0.15) is 0 Å². The molecule has 3 rings (SSSR count). The van der Waals surface area contributed by atoms with E-state index in [1.165, 1.54) is 0 Å². The van der Waals surface area contributed by atoms with Crippen LogP contribution in [0.4, 0.5) is 5.69 Å². The molecule has 0 saturated carbocycles. The van der Waals surface area contributed by atoms with Crippen molar-refractivity contribution in [2.24, 2.45) is 5.92 Å². The van der Waals surface area contributed by atoms with Crippen LogP contribution in [0.25, 0.3) is 5.57 Å². The van der Waals surface area contributed by atoms with E-state index in [4.69, 9.17) is 5.73 Å². The Morgan fingerprint density at radius 3 is 2.50 bits per heavy atom. The molecule has 4 nitrogen and oxygen atoms in total. The van der Waals surface area contributed by atoms with Gasteiger partial charge in [0.2, 0.25) is 5.91 Å². The largest absolute Gasteiger partial charge is 0.399 e. The highest BCUT2D eigenvalue weighted by Gasteiger charge is 2.37. The molecule has 0 spiro atoms. The van der Waals surface area contributed by atoms with Gasteiger partial charge in [-0.25, -0.2) is 0 Å². The minimum Gasteiger partial charge on any atom is -0.399 e. The molecule has 4 heteroatoms. The van der Waals surface area contributed by atoms with Gasteiger partial charge in [0.05, 0.1) is 0 Å². The van der Waals surface area contributed by atoms with Crippen molar-refractivity contribution in [2.45, 2.75) is 19.9 Å². The maximum atomic E-state index is 12.0. The third-order valence-corrected chi connectivity index (χ3v) is 3.49. The molecule has 3 N–H and O–H groups in total. The molecule has 0 fully saturated rings. The topological polar surface area (TPSA) is 58.4 Å². The van der Waals surface area contributed by atoms with Gasteiger partial charge in [-0.3, -0.25) is 4.79 Å². The number of carbonyl (C=O) groups excluding carboxylic acids is 1. The van der Waals surface area contributed by atoms with Gasteiger partial charge in [0, 0.05) is 24.9 Å². The summed E-state index contributed by atoms with van der Waals surface area (Å²) >= 11 is 0. The molecule has 0 aromatic heterocycles. The second kappa shape index (κ2) is 5.82. The first kappa shape index (κ1) is 14.2. The van der Waals surface area contributed by atoms with Crippen LogP contribution in [0.1, 0.15) is 19.4 Å². The van der Waals surface area contributed by atoms with Gasteiger partial charge in [-0.05, 0) is 29.5 Å². The summed E-state index contributed by atoms with van der Waals surface area (Å²) in [6.45, 7) is 4.00. The van der Waals surface area contributed by atoms with E-state index >= 15 is 0 Å². The molecule has 2 aliphatic rings. The molecule has 1 aromatic rings. The van der Waals surface area contributed by atoms with Crippen molar-refractivity contribution in [3.05, 3.63) is 48.3 Å². The number of fused-ring (bicyclic) bond motifs is 1. The number of anilines is 1. The number of nitrogens with zero attached hydrogens (tertiary/aromatic N) is 1. The molecule has 0 aliphatic carbocycles. The lowest BCUT2D eigenvalue weighted by atomic mass is 9.86. The lowest BCUT2D eigenvalue weighted by molar-refractivity contribution is -0.130. The average molecular weight is 271 g/mol. The van der Waals surface area contributed by atoms with Crippen molar-refractivity contribution in [3.8, 4) is 0 Å². The van der Waals surface area contributed by atoms with Crippen LogP contribution in [0.15, 0.2) is 42.7 Å². The Balaban J connectivity index is 0.000000704. The lowest BCUT2D eigenvalue weighted by Gasteiger charge is -2.31. The van der Waals surface area contributed by atoms with Gasteiger partial charge in [0.25, 0.3) is 0 Å². The normalized spacial score (nSPS) is 23.4. The summed E-state index contributed by atoms with van der Waals surface area (Å²) in [6.07, 6.45) is 5.81. The number of likely N-dealkylation sites (N-methyl/N-ethyl adjacent to an activating group) is 1. The van der Waals surface area contributed by atoms with E-state index in [0.29, 0.717) is 0 Å². The van der Waals surface area contributed by atoms with Crippen LogP contribution in [0.2, 0.25) is 0 Å². The van der Waals surface area contributed by atoms with Gasteiger partial charge in [0.1, 0.15) is 6.04 Å². The molecular weight excluding hydrogens is 250 g/mol. The number of nitrogens with one attached hydrogen (secondary N) is 1. The molecule has 0 bridgehead atoms. The number of hydrogen-bond donors (Lipinski definition) is 2. The first-order valence-corrected chi connectivity index (χ1v) is 6.94. The Labute approximate surface area is 120 Å². The zero-order valence-corrected chi connectivity index (χ0v) is 12.1. The van der Waals surface area contributed by atoms with Crippen LogP contribution in [0.5, 0.6) is 0 Å². The number of nitrogens with two attached hydrogens (primary N) is 1. The maximum Gasteiger partial charge on any atom is 0.249 e. The molecule has 20 heavy (non-hydrogen) atoms. The van der Waals surface area contributed by atoms with E-state index in [-0.39, 0.29) is 17.9 Å². The molecular formula is C16H21N3O. The van der Waals surface area contributed by atoms with Crippen LogP contribution in [0, 0.1) is 5.92 Å². The summed E-state index contributed by atoms with van der Waals surface area (Å²) in [5.74, 6) is 0.210. The van der Waals surface area contributed by atoms with Gasteiger partial charge in [-0.15, -0.1) is 0 Å². The summed E-state index contributed by atoms with van der Waals surface area (Å²) in [6, 6.07) is 7.58. The van der Waals surface area contributed by atoms with Crippen molar-refractivity contribution in [1.82, 2.24) is 10.2 Å². The van der Waals surface area contributed by atoms with Gasteiger partial charge in [0.15, 0.2) is 0 Å². The highest BCUT2D eigenvalue weighted by atomic mass is 16.2. The number of carbonyl (C=O) groups is 1. The quantitative estimate of drug-likeness (QED) is 0.770. The highest BCUT2D eigenvalue weighted by Crippen LogP contribution is 2.34. The Kier molecular flexibility index (Phi) is 4.13.